The molecule has 1 fully saturated rings. The largest absolute Gasteiger partial charge is 0.506 e. The van der Waals surface area contributed by atoms with Gasteiger partial charge in [-0.1, -0.05) is 54.6 Å². The molecule has 6 rings (SSSR count). The fourth-order valence-electron chi connectivity index (χ4n) is 6.30. The van der Waals surface area contributed by atoms with Crippen molar-refractivity contribution in [1.82, 2.24) is 15.2 Å². The number of ether oxygens (including phenoxy) is 1. The fraction of sp³-hybridized carbons (Fsp3) is 0.256. The Bertz CT molecular complexity index is 2100. The molecule has 2 heterocycles. The van der Waals surface area contributed by atoms with E-state index in [-0.39, 0.29) is 48.1 Å². The van der Waals surface area contributed by atoms with Crippen molar-refractivity contribution in [3.8, 4) is 16.9 Å². The van der Waals surface area contributed by atoms with E-state index in [9.17, 15) is 33.4 Å². The second-order valence-corrected chi connectivity index (χ2v) is 12.6. The summed E-state index contributed by atoms with van der Waals surface area (Å²) in [6.45, 7) is 1.47. The second-order valence-electron chi connectivity index (χ2n) is 12.6. The summed E-state index contributed by atoms with van der Waals surface area (Å²) < 4.78 is 35.5. The molecule has 52 heavy (non-hydrogen) atoms. The Morgan fingerprint density at radius 2 is 1.65 bits per heavy atom. The molecule has 0 aliphatic carbocycles. The molecule has 2 amide bonds. The van der Waals surface area contributed by atoms with Gasteiger partial charge in [-0.3, -0.25) is 14.9 Å². The van der Waals surface area contributed by atoms with Crippen molar-refractivity contribution >= 4 is 34.3 Å². The Balaban J connectivity index is 0.926. The van der Waals surface area contributed by atoms with Crippen molar-refractivity contribution in [2.75, 3.05) is 36.8 Å². The van der Waals surface area contributed by atoms with Crippen LogP contribution >= 0.6 is 0 Å². The third kappa shape index (κ3) is 8.99. The summed E-state index contributed by atoms with van der Waals surface area (Å²) in [7, 11) is 0. The smallest absolute Gasteiger partial charge is 0.411 e. The number of phenolic OH excluding ortho intramolecular Hbond substituents is 1. The van der Waals surface area contributed by atoms with Gasteiger partial charge in [-0.25, -0.2) is 13.6 Å². The molecule has 11 nitrogen and oxygen atoms in total. The lowest BCUT2D eigenvalue weighted by atomic mass is 10.0. The van der Waals surface area contributed by atoms with Crippen LogP contribution in [0, 0.1) is 11.6 Å². The third-order valence-electron chi connectivity index (χ3n) is 9.04. The molecule has 5 aromatic rings. The first-order chi connectivity index (χ1) is 25.1. The average Bonchev–Trinajstić information content (AvgIpc) is 3.14. The number of benzene rings is 4. The lowest BCUT2D eigenvalue weighted by Crippen LogP contribution is -2.39. The van der Waals surface area contributed by atoms with E-state index in [1.807, 2.05) is 54.6 Å². The number of nitrogens with one attached hydrogen (secondary N) is 4. The zero-order valence-electron chi connectivity index (χ0n) is 28.2. The number of fused-ring (bicyclic) bond motifs is 1. The molecule has 1 aliphatic heterocycles. The Hall–Kier alpha value is -5.63. The molecule has 6 N–H and O–H groups in total. The highest BCUT2D eigenvalue weighted by Gasteiger charge is 2.24. The maximum absolute atomic E-state index is 14.9. The number of piperidine rings is 1. The number of aliphatic hydroxyl groups is 1. The Morgan fingerprint density at radius 1 is 0.904 bits per heavy atom. The van der Waals surface area contributed by atoms with Gasteiger partial charge in [0.15, 0.2) is 0 Å². The summed E-state index contributed by atoms with van der Waals surface area (Å²) in [5, 5.41) is 29.4. The van der Waals surface area contributed by atoms with Crippen LogP contribution in [0.2, 0.25) is 0 Å². The number of aromatic hydroxyl groups is 1. The van der Waals surface area contributed by atoms with Crippen LogP contribution < -0.4 is 21.5 Å². The van der Waals surface area contributed by atoms with Crippen LogP contribution in [0.5, 0.6) is 5.75 Å². The lowest BCUT2D eigenvalue weighted by Gasteiger charge is -2.31. The van der Waals surface area contributed by atoms with E-state index in [0.717, 1.165) is 23.3 Å². The number of aliphatic hydroxyl groups excluding tert-OH is 1. The number of carbonyl (C=O) groups is 2. The molecule has 0 spiro atoms. The van der Waals surface area contributed by atoms with Crippen molar-refractivity contribution < 1.29 is 33.3 Å². The highest BCUT2D eigenvalue weighted by atomic mass is 19.1. The Labute approximate surface area is 298 Å². The number of para-hydroxylation sites is 1. The van der Waals surface area contributed by atoms with Gasteiger partial charge < -0.3 is 35.5 Å². The Morgan fingerprint density at radius 3 is 2.44 bits per heavy atom. The first-order valence-electron chi connectivity index (χ1n) is 17.0. The molecule has 4 aromatic carbocycles. The number of hydrogen-bond acceptors (Lipinski definition) is 8. The van der Waals surface area contributed by atoms with Crippen molar-refractivity contribution in [3.63, 3.8) is 0 Å². The summed E-state index contributed by atoms with van der Waals surface area (Å²) in [5.41, 5.74) is 2.46. The van der Waals surface area contributed by atoms with E-state index in [1.54, 1.807) is 0 Å². The Kier molecular flexibility index (Phi) is 11.5. The number of anilines is 2. The number of hydrogen-bond donors (Lipinski definition) is 6. The predicted octanol–water partition coefficient (Wildman–Crippen LogP) is 6.04. The van der Waals surface area contributed by atoms with Gasteiger partial charge in [0.25, 0.3) is 0 Å². The molecule has 270 valence electrons. The molecule has 1 saturated heterocycles. The summed E-state index contributed by atoms with van der Waals surface area (Å²) in [6, 6.07) is 24.8. The molecule has 0 bridgehead atoms. The minimum absolute atomic E-state index is 0.00164. The van der Waals surface area contributed by atoms with Gasteiger partial charge in [0.2, 0.25) is 11.5 Å². The molecule has 13 heteroatoms. The molecule has 0 unspecified atom stereocenters. The van der Waals surface area contributed by atoms with Crippen LogP contribution in [-0.2, 0) is 16.1 Å². The van der Waals surface area contributed by atoms with Crippen LogP contribution in [0.1, 0.15) is 36.5 Å². The first kappa shape index (κ1) is 36.2. The number of aromatic amines is 1. The number of amides is 2. The van der Waals surface area contributed by atoms with Gasteiger partial charge in [-0.2, -0.15) is 0 Å². The third-order valence-corrected chi connectivity index (χ3v) is 9.04. The van der Waals surface area contributed by atoms with E-state index in [1.165, 1.54) is 24.3 Å². The number of halogens is 2. The van der Waals surface area contributed by atoms with E-state index in [2.05, 4.69) is 25.8 Å². The second kappa shape index (κ2) is 16.6. The van der Waals surface area contributed by atoms with Crippen molar-refractivity contribution in [2.24, 2.45) is 0 Å². The number of likely N-dealkylation sites (tertiary alicyclic amines) is 1. The van der Waals surface area contributed by atoms with Crippen LogP contribution in [0.25, 0.3) is 22.0 Å². The SMILES string of the molecule is O=C(CCN1CCC(OC(=O)Nc2ccccc2-c2ccccc2)CC1)Nc1cc(F)c(CNC[C@H](O)c2ccc(O)c3[nH]c(=O)ccc23)cc1F. The van der Waals surface area contributed by atoms with Gasteiger partial charge in [0, 0.05) is 67.8 Å². The molecule has 0 saturated carbocycles. The van der Waals surface area contributed by atoms with E-state index in [0.29, 0.717) is 49.1 Å². The lowest BCUT2D eigenvalue weighted by molar-refractivity contribution is -0.116. The molecule has 1 aliphatic rings. The maximum Gasteiger partial charge on any atom is 0.411 e. The number of nitrogens with zero attached hydrogens (tertiary/aromatic N) is 1. The molecule has 1 atom stereocenters. The summed E-state index contributed by atoms with van der Waals surface area (Å²) in [5.74, 6) is -2.15. The van der Waals surface area contributed by atoms with Crippen LogP contribution in [0.15, 0.2) is 95.8 Å². The number of pyridine rings is 1. The van der Waals surface area contributed by atoms with E-state index in [4.69, 9.17) is 4.74 Å². The van der Waals surface area contributed by atoms with Gasteiger partial charge in [0.05, 0.1) is 23.0 Å². The molecular formula is C39H39F2N5O6. The minimum Gasteiger partial charge on any atom is -0.506 e. The summed E-state index contributed by atoms with van der Waals surface area (Å²) in [6.07, 6.45) is -0.641. The highest BCUT2D eigenvalue weighted by Crippen LogP contribution is 2.30. The quantitative estimate of drug-likeness (QED) is 0.0915. The van der Waals surface area contributed by atoms with Gasteiger partial charge in [-0.15, -0.1) is 0 Å². The number of rotatable bonds is 12. The predicted molar refractivity (Wildman–Crippen MR) is 194 cm³/mol. The van der Waals surface area contributed by atoms with Crippen molar-refractivity contribution in [3.05, 3.63) is 124 Å². The normalized spacial score (nSPS) is 14.2. The zero-order chi connectivity index (χ0) is 36.6. The molecular weight excluding hydrogens is 672 g/mol. The standard InChI is InChI=1S/C39H39F2N5O6/c40-30-21-33(31(41)20-25(30)22-42-23-35(48)28-10-12-34(47)38-29(28)11-13-36(49)45-38)43-37(50)16-19-46-17-14-26(15-18-46)52-39(51)44-32-9-5-4-8-27(32)24-6-2-1-3-7-24/h1-13,20-21,26,35,42,47-48H,14-19,22-23H2,(H,43,50)(H,44,51)(H,45,49)/t35-/m0/s1. The maximum atomic E-state index is 14.9. The van der Waals surface area contributed by atoms with Crippen molar-refractivity contribution in [1.29, 1.82) is 0 Å². The number of H-pyrrole nitrogens is 1. The fourth-order valence-corrected chi connectivity index (χ4v) is 6.30. The van der Waals surface area contributed by atoms with Gasteiger partial charge in [-0.05, 0) is 48.2 Å². The van der Waals surface area contributed by atoms with Gasteiger partial charge in [0.1, 0.15) is 23.5 Å². The summed E-state index contributed by atoms with van der Waals surface area (Å²) >= 11 is 0. The number of carbonyl (C=O) groups excluding carboxylic acids is 2. The van der Waals surface area contributed by atoms with Gasteiger partial charge >= 0.3 is 6.09 Å². The number of phenols is 1. The van der Waals surface area contributed by atoms with Crippen LogP contribution in [-0.4, -0.2) is 64.4 Å². The van der Waals surface area contributed by atoms with Crippen LogP contribution in [0.4, 0.5) is 25.0 Å². The van der Waals surface area contributed by atoms with Crippen molar-refractivity contribution in [2.45, 2.75) is 38.0 Å². The number of aromatic nitrogens is 1. The molecule has 1 aromatic heterocycles. The first-order valence-corrected chi connectivity index (χ1v) is 17.0. The molecule has 0 radical (unpaired) electrons. The topological polar surface area (TPSA) is 156 Å². The average molecular weight is 712 g/mol. The highest BCUT2D eigenvalue weighted by molar-refractivity contribution is 5.92. The monoisotopic (exact) mass is 711 g/mol. The zero-order valence-corrected chi connectivity index (χ0v) is 28.2. The van der Waals surface area contributed by atoms with E-state index >= 15 is 0 Å². The van der Waals surface area contributed by atoms with Crippen LogP contribution in [0.3, 0.4) is 0 Å². The minimum atomic E-state index is -1.08. The van der Waals surface area contributed by atoms with E-state index < -0.39 is 35.3 Å². The summed E-state index contributed by atoms with van der Waals surface area (Å²) in [4.78, 5) is 41.6.